The molecule has 2 saturated heterocycles. The molecular weight excluding hydrogens is 407 g/mol. The number of halogens is 2. The van der Waals surface area contributed by atoms with Crippen molar-refractivity contribution in [2.75, 3.05) is 0 Å². The highest BCUT2D eigenvalue weighted by Crippen LogP contribution is 2.50. The van der Waals surface area contributed by atoms with E-state index in [1.807, 2.05) is 13.1 Å². The average molecular weight is 433 g/mol. The molecule has 0 saturated carbocycles. The lowest BCUT2D eigenvalue weighted by molar-refractivity contribution is -0.222. The van der Waals surface area contributed by atoms with Gasteiger partial charge in [0.1, 0.15) is 12.2 Å². The van der Waals surface area contributed by atoms with Crippen molar-refractivity contribution >= 4 is 37.5 Å². The third-order valence-electron chi connectivity index (χ3n) is 5.78. The first kappa shape index (κ1) is 21.1. The van der Waals surface area contributed by atoms with Crippen molar-refractivity contribution in [3.05, 3.63) is 34.9 Å². The summed E-state index contributed by atoms with van der Waals surface area (Å²) in [5.74, 6) is -2.35. The van der Waals surface area contributed by atoms with E-state index in [1.165, 1.54) is 6.07 Å². The minimum absolute atomic E-state index is 0.145. The van der Waals surface area contributed by atoms with Crippen molar-refractivity contribution in [2.45, 2.75) is 74.8 Å². The van der Waals surface area contributed by atoms with Gasteiger partial charge in [-0.1, -0.05) is 38.4 Å². The molecule has 2 fully saturated rings. The second-order valence-corrected chi connectivity index (χ2v) is 14.5. The molecule has 0 aliphatic carbocycles. The molecule has 2 heterocycles. The van der Waals surface area contributed by atoms with Gasteiger partial charge in [-0.2, -0.15) is 0 Å². The second kappa shape index (κ2) is 7.01. The van der Waals surface area contributed by atoms with Gasteiger partial charge in [0.15, 0.2) is 14.4 Å². The molecule has 1 aromatic carbocycles. The van der Waals surface area contributed by atoms with E-state index >= 15 is 0 Å². The molecule has 0 radical (unpaired) electrons. The molecule has 8 heteroatoms. The Bertz CT molecular complexity index is 735. The second-order valence-electron chi connectivity index (χ2n) is 8.80. The monoisotopic (exact) mass is 432 g/mol. The zero-order valence-corrected chi connectivity index (χ0v) is 18.7. The number of benzene rings is 1. The van der Waals surface area contributed by atoms with Crippen LogP contribution in [0.5, 0.6) is 0 Å². The van der Waals surface area contributed by atoms with E-state index in [0.717, 1.165) is 0 Å². The Morgan fingerprint density at radius 3 is 2.63 bits per heavy atom. The molecule has 0 unspecified atom stereocenters. The Hall–Kier alpha value is -0.633. The summed E-state index contributed by atoms with van der Waals surface area (Å²) >= 11 is 12.3. The van der Waals surface area contributed by atoms with E-state index in [0.29, 0.717) is 17.0 Å². The summed E-state index contributed by atoms with van der Waals surface area (Å²) in [7, 11) is -2.39. The van der Waals surface area contributed by atoms with Crippen molar-refractivity contribution in [3.63, 3.8) is 0 Å². The Morgan fingerprint density at radius 2 is 2.04 bits per heavy atom. The third-order valence-corrected chi connectivity index (χ3v) is 10.9. The Kier molecular flexibility index (Phi) is 5.47. The Balaban J connectivity index is 1.87. The first-order valence-corrected chi connectivity index (χ1v) is 12.8. The van der Waals surface area contributed by atoms with E-state index < -0.39 is 43.8 Å². The van der Waals surface area contributed by atoms with Crippen molar-refractivity contribution in [1.29, 1.82) is 0 Å². The van der Waals surface area contributed by atoms with Crippen LogP contribution in [-0.4, -0.2) is 48.9 Å². The van der Waals surface area contributed by atoms with Crippen LogP contribution in [0.2, 0.25) is 23.2 Å². The van der Waals surface area contributed by atoms with Crippen LogP contribution in [0.4, 0.5) is 0 Å². The molecule has 5 atom stereocenters. The molecule has 5 nitrogen and oxygen atoms in total. The maximum Gasteiger partial charge on any atom is 0.338 e. The van der Waals surface area contributed by atoms with Gasteiger partial charge in [-0.25, -0.2) is 4.79 Å². The molecule has 150 valence electrons. The average Bonchev–Trinajstić information content (AvgIpc) is 3.02. The molecule has 2 aliphatic rings. The molecule has 0 amide bonds. The fourth-order valence-corrected chi connectivity index (χ4v) is 5.25. The number of fused-ring (bicyclic) bond motifs is 2. The number of alkyl halides is 1. The number of rotatable bonds is 4. The minimum Gasteiger partial charge on any atom is -0.450 e. The lowest BCUT2D eigenvalue weighted by Gasteiger charge is -2.46. The van der Waals surface area contributed by atoms with Gasteiger partial charge in [0.05, 0.1) is 10.9 Å². The lowest BCUT2D eigenvalue weighted by Crippen LogP contribution is -2.63. The predicted octanol–water partition coefficient (Wildman–Crippen LogP) is 4.35. The van der Waals surface area contributed by atoms with Gasteiger partial charge in [-0.3, -0.25) is 0 Å². The summed E-state index contributed by atoms with van der Waals surface area (Å²) in [4.78, 5) is 12.6. The minimum atomic E-state index is -2.39. The van der Waals surface area contributed by atoms with E-state index in [4.69, 9.17) is 37.1 Å². The normalized spacial score (nSPS) is 33.3. The van der Waals surface area contributed by atoms with E-state index in [2.05, 4.69) is 20.8 Å². The first-order valence-electron chi connectivity index (χ1n) is 9.04. The molecule has 1 N–H and O–H groups in total. The van der Waals surface area contributed by atoms with E-state index in [-0.39, 0.29) is 5.04 Å². The Labute approximate surface area is 171 Å². The van der Waals surface area contributed by atoms with Crippen LogP contribution in [-0.2, 0) is 13.9 Å². The van der Waals surface area contributed by atoms with Crippen LogP contribution in [0.25, 0.3) is 0 Å². The molecule has 3 rings (SSSR count). The number of carbonyl (C=O) groups excluding carboxylic acids is 1. The zero-order chi connectivity index (χ0) is 20.2. The molecular formula is C19H26Cl2O5Si. The Morgan fingerprint density at radius 1 is 1.37 bits per heavy atom. The van der Waals surface area contributed by atoms with Crippen LogP contribution in [0.15, 0.2) is 24.3 Å². The van der Waals surface area contributed by atoms with Crippen molar-refractivity contribution in [3.8, 4) is 0 Å². The van der Waals surface area contributed by atoms with Gasteiger partial charge >= 0.3 is 5.97 Å². The van der Waals surface area contributed by atoms with Gasteiger partial charge in [0, 0.05) is 5.02 Å². The van der Waals surface area contributed by atoms with Gasteiger partial charge in [0.25, 0.3) is 0 Å². The SMILES string of the molecule is CC(C)(C)[Si](C)(C)O[C@@]1(O)[C@@H]2O[C@@H](C[C@@H]2Cl)[C@@H]1OC(=O)c1cccc(Cl)c1. The maximum absolute atomic E-state index is 12.6. The number of esters is 1. The summed E-state index contributed by atoms with van der Waals surface area (Å²) in [6, 6.07) is 6.48. The smallest absolute Gasteiger partial charge is 0.338 e. The van der Waals surface area contributed by atoms with Crippen LogP contribution < -0.4 is 0 Å². The van der Waals surface area contributed by atoms with Crippen LogP contribution >= 0.6 is 23.2 Å². The predicted molar refractivity (Wildman–Crippen MR) is 107 cm³/mol. The molecule has 0 spiro atoms. The van der Waals surface area contributed by atoms with Gasteiger partial charge in [-0.05, 0) is 42.8 Å². The van der Waals surface area contributed by atoms with Crippen molar-refractivity contribution < 1.29 is 23.8 Å². The molecule has 27 heavy (non-hydrogen) atoms. The molecule has 2 bridgehead atoms. The topological polar surface area (TPSA) is 65.0 Å². The summed E-state index contributed by atoms with van der Waals surface area (Å²) in [5.41, 5.74) is 0.308. The van der Waals surface area contributed by atoms with E-state index in [1.54, 1.807) is 18.2 Å². The largest absolute Gasteiger partial charge is 0.450 e. The van der Waals surface area contributed by atoms with Crippen molar-refractivity contribution in [1.82, 2.24) is 0 Å². The van der Waals surface area contributed by atoms with Crippen LogP contribution in [0, 0.1) is 0 Å². The van der Waals surface area contributed by atoms with Gasteiger partial charge in [-0.15, -0.1) is 11.6 Å². The molecule has 1 aromatic rings. The fourth-order valence-electron chi connectivity index (χ4n) is 3.29. The first-order chi connectivity index (χ1) is 12.3. The quantitative estimate of drug-likeness (QED) is 0.331. The summed E-state index contributed by atoms with van der Waals surface area (Å²) in [6.07, 6.45) is -1.70. The summed E-state index contributed by atoms with van der Waals surface area (Å²) in [6.45, 7) is 10.3. The molecule has 0 aromatic heterocycles. The maximum atomic E-state index is 12.6. The van der Waals surface area contributed by atoms with Crippen LogP contribution in [0.1, 0.15) is 37.6 Å². The summed E-state index contributed by atoms with van der Waals surface area (Å²) in [5, 5.41) is 11.4. The standard InChI is InChI=1S/C19H26Cl2O5Si/c1-18(2,3)27(4,5)26-19(23)15-13(21)10-14(24-15)16(19)25-17(22)11-7-6-8-12(20)9-11/h6-9,13-16,23H,10H2,1-5H3/t13-,14-,15+,16-,19-/m0/s1. The number of carbonyl (C=O) groups is 1. The summed E-state index contributed by atoms with van der Waals surface area (Å²) < 4.78 is 17.8. The van der Waals surface area contributed by atoms with Gasteiger partial charge < -0.3 is 19.0 Å². The number of hydrogen-bond acceptors (Lipinski definition) is 5. The lowest BCUT2D eigenvalue weighted by atomic mass is 9.91. The fraction of sp³-hybridized carbons (Fsp3) is 0.632. The van der Waals surface area contributed by atoms with E-state index in [9.17, 15) is 9.90 Å². The highest BCUT2D eigenvalue weighted by Gasteiger charge is 2.68. The van der Waals surface area contributed by atoms with Crippen molar-refractivity contribution in [2.24, 2.45) is 0 Å². The third kappa shape index (κ3) is 3.80. The number of aliphatic hydroxyl groups is 1. The van der Waals surface area contributed by atoms with Crippen LogP contribution in [0.3, 0.4) is 0 Å². The van der Waals surface area contributed by atoms with Gasteiger partial charge in [0.2, 0.25) is 5.79 Å². The number of hydrogen-bond donors (Lipinski definition) is 1. The molecule has 2 aliphatic heterocycles. The zero-order valence-electron chi connectivity index (χ0n) is 16.2. The highest BCUT2D eigenvalue weighted by atomic mass is 35.5. The number of ether oxygens (including phenoxy) is 2. The highest BCUT2D eigenvalue weighted by molar-refractivity contribution is 6.74.